The fourth-order valence-corrected chi connectivity index (χ4v) is 4.63. The number of amides is 2. The van der Waals surface area contributed by atoms with Crippen molar-refractivity contribution in [2.45, 2.75) is 17.9 Å². The normalized spacial score (nSPS) is 20.2. The molecule has 1 aromatic heterocycles. The Bertz CT molecular complexity index is 1010. The van der Waals surface area contributed by atoms with E-state index < -0.39 is 16.1 Å². The van der Waals surface area contributed by atoms with Crippen molar-refractivity contribution in [3.05, 3.63) is 42.4 Å². The van der Waals surface area contributed by atoms with E-state index in [9.17, 15) is 18.0 Å². The molecular formula is C18H19N3O6S. The number of sulfonamides is 1. The van der Waals surface area contributed by atoms with Crippen LogP contribution < -0.4 is 10.1 Å². The van der Waals surface area contributed by atoms with E-state index in [1.807, 2.05) is 0 Å². The Morgan fingerprint density at radius 1 is 1.18 bits per heavy atom. The standard InChI is InChI=1S/C18H19N3O6S/c1-12-17(22)19-14-11-13(4-5-15(14)27-12)28(24,25)21-8-6-20(7-9-21)18(23)16-3-2-10-26-16/h2-5,10-12H,6-9H2,1H3,(H,19,22)/t12-/m1/s1. The number of carbonyl (C=O) groups excluding carboxylic acids is 2. The molecule has 9 nitrogen and oxygen atoms in total. The van der Waals surface area contributed by atoms with Gasteiger partial charge in [0.1, 0.15) is 5.75 Å². The van der Waals surface area contributed by atoms with Gasteiger partial charge in [-0.1, -0.05) is 0 Å². The minimum Gasteiger partial charge on any atom is -0.479 e. The number of nitrogens with zero attached hydrogens (tertiary/aromatic N) is 2. The average Bonchev–Trinajstić information content (AvgIpc) is 3.23. The zero-order valence-electron chi connectivity index (χ0n) is 15.1. The van der Waals surface area contributed by atoms with Crippen LogP contribution in [0.3, 0.4) is 0 Å². The highest BCUT2D eigenvalue weighted by molar-refractivity contribution is 7.89. The molecule has 1 fully saturated rings. The third kappa shape index (κ3) is 3.25. The van der Waals surface area contributed by atoms with E-state index >= 15 is 0 Å². The molecule has 0 spiro atoms. The summed E-state index contributed by atoms with van der Waals surface area (Å²) in [5, 5.41) is 2.65. The topological polar surface area (TPSA) is 109 Å². The molecule has 2 aliphatic rings. The summed E-state index contributed by atoms with van der Waals surface area (Å²) in [6.45, 7) is 2.49. The fourth-order valence-electron chi connectivity index (χ4n) is 3.19. The maximum Gasteiger partial charge on any atom is 0.289 e. The van der Waals surface area contributed by atoms with Gasteiger partial charge in [-0.2, -0.15) is 4.31 Å². The molecule has 3 heterocycles. The van der Waals surface area contributed by atoms with Gasteiger partial charge in [0.15, 0.2) is 11.9 Å². The van der Waals surface area contributed by atoms with Gasteiger partial charge < -0.3 is 19.4 Å². The summed E-state index contributed by atoms with van der Waals surface area (Å²) in [5.41, 5.74) is 0.329. The van der Waals surface area contributed by atoms with Crippen molar-refractivity contribution in [3.63, 3.8) is 0 Å². The number of carbonyl (C=O) groups is 2. The van der Waals surface area contributed by atoms with E-state index in [1.165, 1.54) is 28.8 Å². The lowest BCUT2D eigenvalue weighted by Crippen LogP contribution is -2.50. The predicted molar refractivity (Wildman–Crippen MR) is 98.5 cm³/mol. The van der Waals surface area contributed by atoms with Crippen LogP contribution in [0.2, 0.25) is 0 Å². The Morgan fingerprint density at radius 3 is 2.61 bits per heavy atom. The number of rotatable bonds is 3. The first kappa shape index (κ1) is 18.5. The van der Waals surface area contributed by atoms with Crippen LogP contribution in [-0.4, -0.2) is 61.7 Å². The third-order valence-electron chi connectivity index (χ3n) is 4.78. The zero-order chi connectivity index (χ0) is 19.9. The van der Waals surface area contributed by atoms with Crippen LogP contribution in [0.25, 0.3) is 0 Å². The molecule has 2 aromatic rings. The molecule has 2 aliphatic heterocycles. The van der Waals surface area contributed by atoms with Gasteiger partial charge in [-0.05, 0) is 37.3 Å². The van der Waals surface area contributed by atoms with Crippen LogP contribution >= 0.6 is 0 Å². The lowest BCUT2D eigenvalue weighted by atomic mass is 10.2. The molecule has 0 bridgehead atoms. The van der Waals surface area contributed by atoms with E-state index in [4.69, 9.17) is 9.15 Å². The Hall–Kier alpha value is -2.85. The summed E-state index contributed by atoms with van der Waals surface area (Å²) < 4.78 is 37.8. The van der Waals surface area contributed by atoms with Gasteiger partial charge in [-0.15, -0.1) is 0 Å². The van der Waals surface area contributed by atoms with Crippen LogP contribution in [0.1, 0.15) is 17.5 Å². The van der Waals surface area contributed by atoms with Gasteiger partial charge >= 0.3 is 0 Å². The first-order valence-corrected chi connectivity index (χ1v) is 10.2. The monoisotopic (exact) mass is 405 g/mol. The third-order valence-corrected chi connectivity index (χ3v) is 6.67. The van der Waals surface area contributed by atoms with E-state index in [2.05, 4.69) is 5.32 Å². The second-order valence-corrected chi connectivity index (χ2v) is 8.52. The van der Waals surface area contributed by atoms with Crippen LogP contribution in [0.5, 0.6) is 5.75 Å². The first-order valence-electron chi connectivity index (χ1n) is 8.81. The Balaban J connectivity index is 1.48. The van der Waals surface area contributed by atoms with Gasteiger partial charge in [0, 0.05) is 26.2 Å². The summed E-state index contributed by atoms with van der Waals surface area (Å²) >= 11 is 0. The van der Waals surface area contributed by atoms with Crippen LogP contribution in [-0.2, 0) is 14.8 Å². The zero-order valence-corrected chi connectivity index (χ0v) is 15.9. The molecule has 148 valence electrons. The molecule has 0 saturated carbocycles. The molecule has 0 unspecified atom stereocenters. The summed E-state index contributed by atoms with van der Waals surface area (Å²) in [4.78, 5) is 25.7. The van der Waals surface area contributed by atoms with Crippen molar-refractivity contribution < 1.29 is 27.2 Å². The number of ether oxygens (including phenoxy) is 1. The van der Waals surface area contributed by atoms with Crippen molar-refractivity contribution in [3.8, 4) is 5.75 Å². The molecule has 1 atom stereocenters. The number of furan rings is 1. The quantitative estimate of drug-likeness (QED) is 0.820. The van der Waals surface area contributed by atoms with Crippen molar-refractivity contribution in [2.24, 2.45) is 0 Å². The highest BCUT2D eigenvalue weighted by Gasteiger charge is 2.32. The van der Waals surface area contributed by atoms with Crippen molar-refractivity contribution in [1.29, 1.82) is 0 Å². The second-order valence-electron chi connectivity index (χ2n) is 6.58. The van der Waals surface area contributed by atoms with Gasteiger partial charge in [0.05, 0.1) is 16.8 Å². The molecule has 1 N–H and O–H groups in total. The molecule has 10 heteroatoms. The molecule has 0 radical (unpaired) electrons. The van der Waals surface area contributed by atoms with Crippen LogP contribution in [0.15, 0.2) is 45.9 Å². The average molecular weight is 405 g/mol. The predicted octanol–water partition coefficient (Wildman–Crippen LogP) is 1.15. The van der Waals surface area contributed by atoms with Gasteiger partial charge in [-0.25, -0.2) is 8.42 Å². The fraction of sp³-hybridized carbons (Fsp3) is 0.333. The smallest absolute Gasteiger partial charge is 0.289 e. The van der Waals surface area contributed by atoms with E-state index in [1.54, 1.807) is 24.0 Å². The van der Waals surface area contributed by atoms with Crippen molar-refractivity contribution in [2.75, 3.05) is 31.5 Å². The minimum absolute atomic E-state index is 0.0653. The van der Waals surface area contributed by atoms with Crippen LogP contribution in [0, 0.1) is 0 Å². The van der Waals surface area contributed by atoms with Crippen molar-refractivity contribution >= 4 is 27.5 Å². The largest absolute Gasteiger partial charge is 0.479 e. The number of hydrogen-bond acceptors (Lipinski definition) is 6. The molecule has 4 rings (SSSR count). The Labute approximate surface area is 161 Å². The van der Waals surface area contributed by atoms with Crippen molar-refractivity contribution in [1.82, 2.24) is 9.21 Å². The minimum atomic E-state index is -3.76. The lowest BCUT2D eigenvalue weighted by molar-refractivity contribution is -0.122. The number of hydrogen-bond donors (Lipinski definition) is 1. The molecule has 1 aromatic carbocycles. The van der Waals surface area contributed by atoms with Gasteiger partial charge in [-0.3, -0.25) is 9.59 Å². The summed E-state index contributed by atoms with van der Waals surface area (Å²) in [6, 6.07) is 7.60. The maximum atomic E-state index is 13.0. The molecule has 2 amide bonds. The highest BCUT2D eigenvalue weighted by Crippen LogP contribution is 2.33. The Kier molecular flexibility index (Phi) is 4.60. The number of benzene rings is 1. The molecule has 1 saturated heterocycles. The number of piperazine rings is 1. The van der Waals surface area contributed by atoms with E-state index in [0.29, 0.717) is 11.4 Å². The Morgan fingerprint density at radius 2 is 1.93 bits per heavy atom. The van der Waals surface area contributed by atoms with Gasteiger partial charge in [0.25, 0.3) is 11.8 Å². The maximum absolute atomic E-state index is 13.0. The van der Waals surface area contributed by atoms with E-state index in [0.717, 1.165) is 0 Å². The molecule has 28 heavy (non-hydrogen) atoms. The number of nitrogens with one attached hydrogen (secondary N) is 1. The molecule has 0 aliphatic carbocycles. The lowest BCUT2D eigenvalue weighted by Gasteiger charge is -2.33. The SMILES string of the molecule is C[C@H]1Oc2ccc(S(=O)(=O)N3CCN(C(=O)c4ccco4)CC3)cc2NC1=O. The number of fused-ring (bicyclic) bond motifs is 1. The summed E-state index contributed by atoms with van der Waals surface area (Å²) in [7, 11) is -3.76. The summed E-state index contributed by atoms with van der Waals surface area (Å²) in [5.74, 6) is 0.0767. The molecular weight excluding hydrogens is 386 g/mol. The number of anilines is 1. The first-order chi connectivity index (χ1) is 13.4. The van der Waals surface area contributed by atoms with Crippen LogP contribution in [0.4, 0.5) is 5.69 Å². The van der Waals surface area contributed by atoms with Gasteiger partial charge in [0.2, 0.25) is 10.0 Å². The summed E-state index contributed by atoms with van der Waals surface area (Å²) in [6.07, 6.45) is 0.794. The van der Waals surface area contributed by atoms with E-state index in [-0.39, 0.29) is 48.6 Å². The highest BCUT2D eigenvalue weighted by atomic mass is 32.2. The second kappa shape index (κ2) is 6.95.